The summed E-state index contributed by atoms with van der Waals surface area (Å²) in [5.41, 5.74) is 2.59. The molecule has 0 aliphatic carbocycles. The van der Waals surface area contributed by atoms with Crippen molar-refractivity contribution >= 4 is 0 Å². The van der Waals surface area contributed by atoms with E-state index in [1.165, 1.54) is 11.1 Å². The summed E-state index contributed by atoms with van der Waals surface area (Å²) < 4.78 is 5.41. The minimum Gasteiger partial charge on any atom is -0.501 e. The molecule has 0 bridgehead atoms. The van der Waals surface area contributed by atoms with E-state index in [1.807, 2.05) is 18.7 Å². The van der Waals surface area contributed by atoms with Gasteiger partial charge < -0.3 is 10.1 Å². The molecule has 1 unspecified atom stereocenters. The summed E-state index contributed by atoms with van der Waals surface area (Å²) in [6, 6.07) is 4.39. The molecule has 1 N–H and O–H groups in total. The first-order valence-corrected chi connectivity index (χ1v) is 5.85. The van der Waals surface area contributed by atoms with Gasteiger partial charge >= 0.3 is 0 Å². The molecule has 0 fully saturated rings. The Balaban J connectivity index is 2.19. The smallest absolute Gasteiger partial charge is 0.0876 e. The Bertz CT molecular complexity index is 348. The summed E-state index contributed by atoms with van der Waals surface area (Å²) in [5, 5.41) is 3.49. The van der Waals surface area contributed by atoms with Crippen molar-refractivity contribution < 1.29 is 4.74 Å². The van der Waals surface area contributed by atoms with Crippen LogP contribution in [0, 0.1) is 0 Å². The lowest BCUT2D eigenvalue weighted by atomic mass is 9.96. The molecule has 3 nitrogen and oxygen atoms in total. The van der Waals surface area contributed by atoms with Crippen molar-refractivity contribution in [3.63, 3.8) is 0 Å². The first kappa shape index (κ1) is 11.1. The van der Waals surface area contributed by atoms with Gasteiger partial charge in [-0.2, -0.15) is 0 Å². The maximum absolute atomic E-state index is 5.41. The lowest BCUT2D eigenvalue weighted by Gasteiger charge is -2.24. The Morgan fingerprint density at radius 2 is 2.25 bits per heavy atom. The monoisotopic (exact) mass is 218 g/mol. The number of likely N-dealkylation sites (N-methyl/N-ethyl adjacent to an activating group) is 1. The highest BCUT2D eigenvalue weighted by atomic mass is 16.5. The molecule has 1 aliphatic rings. The Morgan fingerprint density at radius 3 is 2.88 bits per heavy atom. The van der Waals surface area contributed by atoms with Crippen LogP contribution in [-0.4, -0.2) is 18.1 Å². The number of rotatable bonds is 4. The molecule has 0 amide bonds. The topological polar surface area (TPSA) is 34.1 Å². The van der Waals surface area contributed by atoms with E-state index in [0.29, 0.717) is 0 Å². The summed E-state index contributed by atoms with van der Waals surface area (Å²) in [6.45, 7) is 3.92. The summed E-state index contributed by atoms with van der Waals surface area (Å²) in [7, 11) is 0. The second-order valence-corrected chi connectivity index (χ2v) is 3.94. The SMILES string of the molecule is CCNC(C1=COCCC1)c1ccncc1. The largest absolute Gasteiger partial charge is 0.501 e. The third-order valence-corrected chi connectivity index (χ3v) is 2.78. The van der Waals surface area contributed by atoms with Gasteiger partial charge in [-0.15, -0.1) is 0 Å². The summed E-state index contributed by atoms with van der Waals surface area (Å²) in [4.78, 5) is 4.05. The molecule has 86 valence electrons. The van der Waals surface area contributed by atoms with Crippen LogP contribution >= 0.6 is 0 Å². The van der Waals surface area contributed by atoms with E-state index in [1.54, 1.807) is 0 Å². The van der Waals surface area contributed by atoms with E-state index >= 15 is 0 Å². The Morgan fingerprint density at radius 1 is 1.44 bits per heavy atom. The molecule has 1 aliphatic heterocycles. The number of aromatic nitrogens is 1. The van der Waals surface area contributed by atoms with Gasteiger partial charge in [0.25, 0.3) is 0 Å². The van der Waals surface area contributed by atoms with E-state index in [0.717, 1.165) is 26.0 Å². The van der Waals surface area contributed by atoms with Gasteiger partial charge in [0.15, 0.2) is 0 Å². The zero-order valence-electron chi connectivity index (χ0n) is 9.65. The third kappa shape index (κ3) is 2.61. The average Bonchev–Trinajstić information content (AvgIpc) is 2.38. The molecule has 1 aromatic heterocycles. The molecule has 16 heavy (non-hydrogen) atoms. The van der Waals surface area contributed by atoms with Crippen molar-refractivity contribution in [2.75, 3.05) is 13.2 Å². The van der Waals surface area contributed by atoms with E-state index in [-0.39, 0.29) is 6.04 Å². The normalized spacial score (nSPS) is 17.4. The second-order valence-electron chi connectivity index (χ2n) is 3.94. The van der Waals surface area contributed by atoms with Gasteiger partial charge in [-0.1, -0.05) is 6.92 Å². The summed E-state index contributed by atoms with van der Waals surface area (Å²) in [6.07, 6.45) is 7.81. The molecule has 2 heterocycles. The zero-order chi connectivity index (χ0) is 11.2. The fourth-order valence-corrected chi connectivity index (χ4v) is 2.02. The van der Waals surface area contributed by atoms with Crippen LogP contribution in [-0.2, 0) is 4.74 Å². The van der Waals surface area contributed by atoms with Crippen molar-refractivity contribution in [2.45, 2.75) is 25.8 Å². The lowest BCUT2D eigenvalue weighted by Crippen LogP contribution is -2.24. The molecule has 1 aromatic rings. The van der Waals surface area contributed by atoms with Gasteiger partial charge in [0.05, 0.1) is 18.9 Å². The van der Waals surface area contributed by atoms with Gasteiger partial charge in [0, 0.05) is 12.4 Å². The predicted molar refractivity (Wildman–Crippen MR) is 63.9 cm³/mol. The van der Waals surface area contributed by atoms with Crippen LogP contribution in [0.25, 0.3) is 0 Å². The molecular weight excluding hydrogens is 200 g/mol. The molecule has 0 radical (unpaired) electrons. The minimum atomic E-state index is 0.272. The van der Waals surface area contributed by atoms with Crippen LogP contribution in [0.2, 0.25) is 0 Å². The van der Waals surface area contributed by atoms with E-state index < -0.39 is 0 Å². The van der Waals surface area contributed by atoms with Crippen molar-refractivity contribution in [1.29, 1.82) is 0 Å². The highest BCUT2D eigenvalue weighted by Gasteiger charge is 2.17. The molecule has 2 rings (SSSR count). The van der Waals surface area contributed by atoms with Gasteiger partial charge in [-0.25, -0.2) is 0 Å². The van der Waals surface area contributed by atoms with Crippen molar-refractivity contribution in [2.24, 2.45) is 0 Å². The zero-order valence-corrected chi connectivity index (χ0v) is 9.65. The molecule has 1 atom stereocenters. The third-order valence-electron chi connectivity index (χ3n) is 2.78. The highest BCUT2D eigenvalue weighted by Crippen LogP contribution is 2.27. The van der Waals surface area contributed by atoms with Gasteiger partial charge in [-0.3, -0.25) is 4.98 Å². The van der Waals surface area contributed by atoms with E-state index in [4.69, 9.17) is 4.74 Å². The van der Waals surface area contributed by atoms with Gasteiger partial charge in [-0.05, 0) is 42.7 Å². The molecule has 0 spiro atoms. The quantitative estimate of drug-likeness (QED) is 0.842. The average molecular weight is 218 g/mol. The van der Waals surface area contributed by atoms with Crippen LogP contribution in [0.1, 0.15) is 31.4 Å². The molecule has 0 saturated heterocycles. The Hall–Kier alpha value is -1.35. The summed E-state index contributed by atoms with van der Waals surface area (Å²) >= 11 is 0. The molecule has 0 aromatic carbocycles. The minimum absolute atomic E-state index is 0.272. The lowest BCUT2D eigenvalue weighted by molar-refractivity contribution is 0.219. The Labute approximate surface area is 96.5 Å². The first-order valence-electron chi connectivity index (χ1n) is 5.85. The van der Waals surface area contributed by atoms with Crippen LogP contribution in [0.15, 0.2) is 36.4 Å². The molecular formula is C13H18N2O. The van der Waals surface area contributed by atoms with E-state index in [9.17, 15) is 0 Å². The van der Waals surface area contributed by atoms with Crippen LogP contribution in [0.4, 0.5) is 0 Å². The highest BCUT2D eigenvalue weighted by molar-refractivity contribution is 5.26. The second kappa shape index (κ2) is 5.66. The number of hydrogen-bond acceptors (Lipinski definition) is 3. The number of hydrogen-bond donors (Lipinski definition) is 1. The fourth-order valence-electron chi connectivity index (χ4n) is 2.02. The van der Waals surface area contributed by atoms with Gasteiger partial charge in [0.2, 0.25) is 0 Å². The van der Waals surface area contributed by atoms with Crippen molar-refractivity contribution in [1.82, 2.24) is 10.3 Å². The van der Waals surface area contributed by atoms with Crippen LogP contribution in [0.5, 0.6) is 0 Å². The van der Waals surface area contributed by atoms with Gasteiger partial charge in [0.1, 0.15) is 0 Å². The fraction of sp³-hybridized carbons (Fsp3) is 0.462. The predicted octanol–water partition coefficient (Wildman–Crippen LogP) is 2.43. The van der Waals surface area contributed by atoms with Crippen molar-refractivity contribution in [3.8, 4) is 0 Å². The van der Waals surface area contributed by atoms with Crippen molar-refractivity contribution in [3.05, 3.63) is 41.9 Å². The maximum Gasteiger partial charge on any atom is 0.0876 e. The summed E-state index contributed by atoms with van der Waals surface area (Å²) in [5.74, 6) is 0. The standard InChI is InChI=1S/C13H18N2O/c1-2-15-13(11-5-7-14-8-6-11)12-4-3-9-16-10-12/h5-8,10,13,15H,2-4,9H2,1H3. The molecule has 3 heteroatoms. The molecule has 0 saturated carbocycles. The van der Waals surface area contributed by atoms with E-state index in [2.05, 4.69) is 29.4 Å². The first-order chi connectivity index (χ1) is 7.92. The van der Waals surface area contributed by atoms with Crippen LogP contribution < -0.4 is 5.32 Å². The maximum atomic E-state index is 5.41. The number of ether oxygens (including phenoxy) is 1. The Kier molecular flexibility index (Phi) is 3.94. The number of nitrogens with one attached hydrogen (secondary N) is 1. The number of nitrogens with zero attached hydrogens (tertiary/aromatic N) is 1. The number of pyridine rings is 1. The van der Waals surface area contributed by atoms with Crippen LogP contribution in [0.3, 0.4) is 0 Å².